The number of hydrogen-bond donors (Lipinski definition) is 2. The summed E-state index contributed by atoms with van der Waals surface area (Å²) in [6.07, 6.45) is -2.94. The molecule has 8 aromatic rings. The Morgan fingerprint density at radius 1 is 0.433 bits per heavy atom. The minimum absolute atomic E-state index is 0.154. The molecule has 2 aromatic heterocycles. The van der Waals surface area contributed by atoms with Crippen molar-refractivity contribution >= 4 is 11.9 Å². The Morgan fingerprint density at radius 2 is 0.667 bits per heavy atom. The SMILES string of the molecule is NC(Cc1nnn(C(c2ccccc2)(c2ccccc2)c2ccccc2)n1)OC(=O)C(=O)OC(N)Cc1nnn(C(c2ccccc2)(c2ccccc2)c2ccccc2)n1. The minimum atomic E-state index is -1.34. The highest BCUT2D eigenvalue weighted by Gasteiger charge is 2.42. The number of esters is 2. The zero-order valence-corrected chi connectivity index (χ0v) is 32.3. The molecular weight excluding hydrogens is 757 g/mol. The molecule has 2 unspecified atom stereocenters. The summed E-state index contributed by atoms with van der Waals surface area (Å²) < 4.78 is 10.5. The lowest BCUT2D eigenvalue weighted by Gasteiger charge is -2.34. The molecule has 0 spiro atoms. The lowest BCUT2D eigenvalue weighted by Crippen LogP contribution is -2.40. The van der Waals surface area contributed by atoms with Gasteiger partial charge in [0.2, 0.25) is 0 Å². The molecule has 2 heterocycles. The van der Waals surface area contributed by atoms with Gasteiger partial charge in [0.1, 0.15) is 0 Å². The lowest BCUT2D eigenvalue weighted by atomic mass is 9.77. The highest BCUT2D eigenvalue weighted by Crippen LogP contribution is 2.41. The summed E-state index contributed by atoms with van der Waals surface area (Å²) in [5, 5.41) is 27.0. The van der Waals surface area contributed by atoms with Crippen LogP contribution in [0.1, 0.15) is 45.0 Å². The Labute approximate surface area is 345 Å². The van der Waals surface area contributed by atoms with Crippen molar-refractivity contribution < 1.29 is 19.1 Å². The van der Waals surface area contributed by atoms with Gasteiger partial charge < -0.3 is 9.47 Å². The molecule has 4 N–H and O–H groups in total. The van der Waals surface area contributed by atoms with Crippen LogP contribution < -0.4 is 11.5 Å². The molecule has 60 heavy (non-hydrogen) atoms. The Bertz CT molecular complexity index is 2250. The summed E-state index contributed by atoms with van der Waals surface area (Å²) in [6.45, 7) is 0. The molecule has 14 heteroatoms. The van der Waals surface area contributed by atoms with E-state index < -0.39 is 35.5 Å². The van der Waals surface area contributed by atoms with E-state index in [1.807, 2.05) is 182 Å². The Balaban J connectivity index is 0.965. The number of nitrogens with zero attached hydrogens (tertiary/aromatic N) is 8. The average Bonchev–Trinajstić information content (AvgIpc) is 3.96. The van der Waals surface area contributed by atoms with Gasteiger partial charge in [-0.3, -0.25) is 11.5 Å². The van der Waals surface area contributed by atoms with Crippen LogP contribution in [-0.4, -0.2) is 64.8 Å². The topological polar surface area (TPSA) is 192 Å². The van der Waals surface area contributed by atoms with Crippen LogP contribution in [0.5, 0.6) is 0 Å². The summed E-state index contributed by atoms with van der Waals surface area (Å²) in [7, 11) is 0. The molecule has 0 aliphatic rings. The van der Waals surface area contributed by atoms with Crippen LogP contribution >= 0.6 is 0 Å². The van der Waals surface area contributed by atoms with E-state index >= 15 is 0 Å². The molecule has 2 atom stereocenters. The van der Waals surface area contributed by atoms with Gasteiger partial charge in [0.05, 0.1) is 12.8 Å². The van der Waals surface area contributed by atoms with Crippen molar-refractivity contribution in [2.24, 2.45) is 11.5 Å². The van der Waals surface area contributed by atoms with E-state index in [9.17, 15) is 9.59 Å². The van der Waals surface area contributed by atoms with Gasteiger partial charge in [0, 0.05) is 0 Å². The fourth-order valence-electron chi connectivity index (χ4n) is 7.52. The number of rotatable bonds is 14. The number of hydrogen-bond acceptors (Lipinski definition) is 12. The van der Waals surface area contributed by atoms with Crippen LogP contribution in [0.3, 0.4) is 0 Å². The second kappa shape index (κ2) is 17.4. The summed E-state index contributed by atoms with van der Waals surface area (Å²) in [5.41, 5.74) is 15.7. The molecule has 0 fully saturated rings. The van der Waals surface area contributed by atoms with Crippen molar-refractivity contribution in [3.05, 3.63) is 227 Å². The first-order valence-corrected chi connectivity index (χ1v) is 19.2. The quantitative estimate of drug-likeness (QED) is 0.0664. The fraction of sp³-hybridized carbons (Fsp3) is 0.130. The summed E-state index contributed by atoms with van der Waals surface area (Å²) >= 11 is 0. The second-order valence-electron chi connectivity index (χ2n) is 13.9. The predicted octanol–water partition coefficient (Wildman–Crippen LogP) is 4.78. The smallest absolute Gasteiger partial charge is 0.419 e. The van der Waals surface area contributed by atoms with Crippen LogP contribution in [0.4, 0.5) is 0 Å². The van der Waals surface area contributed by atoms with Gasteiger partial charge in [-0.25, -0.2) is 9.59 Å². The Morgan fingerprint density at radius 3 is 0.900 bits per heavy atom. The average molecular weight is 797 g/mol. The van der Waals surface area contributed by atoms with Crippen molar-refractivity contribution in [1.29, 1.82) is 0 Å². The summed E-state index contributed by atoms with van der Waals surface area (Å²) in [5.74, 6) is -2.32. The van der Waals surface area contributed by atoms with E-state index in [2.05, 4.69) is 20.6 Å². The van der Waals surface area contributed by atoms with E-state index in [-0.39, 0.29) is 24.5 Å². The molecule has 0 aliphatic heterocycles. The molecule has 8 rings (SSSR count). The highest BCUT2D eigenvalue weighted by molar-refractivity contribution is 6.29. The standard InChI is InChI=1S/C46H40N10O4/c47-39(31-41-49-53-55(51-41)45(33-19-7-1-8-20-33,34-21-9-2-10-22-34)35-23-11-3-12-24-35)59-43(57)44(58)60-40(48)32-42-50-54-56(52-42)46(36-25-13-4-14-26-36,37-27-15-5-16-28-37)38-29-17-6-18-30-38/h1-30,39-40H,31-32,47-48H2. The first-order valence-electron chi connectivity index (χ1n) is 19.2. The third kappa shape index (κ3) is 7.67. The van der Waals surface area contributed by atoms with E-state index in [1.165, 1.54) is 9.59 Å². The maximum absolute atomic E-state index is 12.9. The van der Waals surface area contributed by atoms with Crippen LogP contribution in [-0.2, 0) is 43.0 Å². The minimum Gasteiger partial charge on any atom is -0.438 e. The van der Waals surface area contributed by atoms with Crippen molar-refractivity contribution in [1.82, 2.24) is 40.4 Å². The van der Waals surface area contributed by atoms with Gasteiger partial charge in [-0.05, 0) is 43.8 Å². The third-order valence-electron chi connectivity index (χ3n) is 10.1. The zero-order chi connectivity index (χ0) is 41.4. The Hall–Kier alpha value is -7.68. The van der Waals surface area contributed by atoms with Gasteiger partial charge in [0.15, 0.2) is 35.2 Å². The van der Waals surface area contributed by atoms with E-state index in [1.54, 1.807) is 0 Å². The lowest BCUT2D eigenvalue weighted by molar-refractivity contribution is -0.173. The number of ether oxygens (including phenoxy) is 2. The van der Waals surface area contributed by atoms with E-state index in [0.29, 0.717) is 0 Å². The zero-order valence-electron chi connectivity index (χ0n) is 32.3. The van der Waals surface area contributed by atoms with Crippen molar-refractivity contribution in [3.63, 3.8) is 0 Å². The van der Waals surface area contributed by atoms with Gasteiger partial charge in [0.25, 0.3) is 0 Å². The molecule has 0 aliphatic carbocycles. The molecule has 298 valence electrons. The van der Waals surface area contributed by atoms with Crippen molar-refractivity contribution in [2.75, 3.05) is 0 Å². The number of benzene rings is 6. The van der Waals surface area contributed by atoms with Crippen LogP contribution in [0.25, 0.3) is 0 Å². The maximum atomic E-state index is 12.9. The fourth-order valence-corrected chi connectivity index (χ4v) is 7.52. The largest absolute Gasteiger partial charge is 0.438 e. The number of nitrogens with two attached hydrogens (primary N) is 2. The normalized spacial score (nSPS) is 12.6. The monoisotopic (exact) mass is 796 g/mol. The number of carbonyl (C=O) groups is 2. The number of carbonyl (C=O) groups excluding carboxylic acids is 2. The Kier molecular flexibility index (Phi) is 11.4. The summed E-state index contributed by atoms with van der Waals surface area (Å²) in [4.78, 5) is 28.9. The molecule has 0 saturated heterocycles. The van der Waals surface area contributed by atoms with Crippen molar-refractivity contribution in [3.8, 4) is 0 Å². The predicted molar refractivity (Wildman–Crippen MR) is 220 cm³/mol. The van der Waals surface area contributed by atoms with Crippen LogP contribution in [0, 0.1) is 0 Å². The molecule has 0 bridgehead atoms. The highest BCUT2D eigenvalue weighted by atomic mass is 16.6. The first kappa shape index (κ1) is 39.2. The second-order valence-corrected chi connectivity index (χ2v) is 13.9. The van der Waals surface area contributed by atoms with Gasteiger partial charge in [-0.1, -0.05) is 182 Å². The summed E-state index contributed by atoms with van der Waals surface area (Å²) in [6, 6.07) is 59.0. The van der Waals surface area contributed by atoms with Gasteiger partial charge in [-0.2, -0.15) is 0 Å². The molecule has 0 amide bonds. The molecular formula is C46H40N10O4. The van der Waals surface area contributed by atoms with Gasteiger partial charge in [-0.15, -0.1) is 30.0 Å². The van der Waals surface area contributed by atoms with E-state index in [4.69, 9.17) is 31.1 Å². The van der Waals surface area contributed by atoms with E-state index in [0.717, 1.165) is 33.4 Å². The number of tetrazole rings is 2. The molecule has 0 saturated carbocycles. The molecule has 0 radical (unpaired) electrons. The molecule has 14 nitrogen and oxygen atoms in total. The maximum Gasteiger partial charge on any atom is 0.419 e. The van der Waals surface area contributed by atoms with Crippen molar-refractivity contribution in [2.45, 2.75) is 36.4 Å². The number of aromatic nitrogens is 8. The third-order valence-corrected chi connectivity index (χ3v) is 10.1. The van der Waals surface area contributed by atoms with Crippen LogP contribution in [0.2, 0.25) is 0 Å². The van der Waals surface area contributed by atoms with Gasteiger partial charge >= 0.3 is 11.9 Å². The first-order chi connectivity index (χ1) is 29.4. The molecule has 6 aromatic carbocycles. The van der Waals surface area contributed by atoms with Crippen LogP contribution in [0.15, 0.2) is 182 Å².